The summed E-state index contributed by atoms with van der Waals surface area (Å²) in [6.07, 6.45) is -0.821. The summed E-state index contributed by atoms with van der Waals surface area (Å²) in [5, 5.41) is 5.28. The molecular weight excluding hydrogens is 311 g/mol. The first-order chi connectivity index (χ1) is 11.4. The quantitative estimate of drug-likeness (QED) is 0.855. The van der Waals surface area contributed by atoms with Gasteiger partial charge in [0.15, 0.2) is 0 Å². The lowest BCUT2D eigenvalue weighted by Gasteiger charge is -2.13. The van der Waals surface area contributed by atoms with E-state index in [1.54, 1.807) is 13.0 Å². The van der Waals surface area contributed by atoms with Crippen LogP contribution in [-0.2, 0) is 14.3 Å². The van der Waals surface area contributed by atoms with Gasteiger partial charge < -0.3 is 15.4 Å². The molecule has 0 saturated carbocycles. The van der Waals surface area contributed by atoms with Crippen LogP contribution < -0.4 is 10.6 Å². The fourth-order valence-electron chi connectivity index (χ4n) is 1.97. The lowest BCUT2D eigenvalue weighted by Crippen LogP contribution is -2.31. The largest absolute Gasteiger partial charge is 0.359 e. The van der Waals surface area contributed by atoms with Crippen LogP contribution in [0.4, 0.5) is 15.8 Å². The first-order valence-electron chi connectivity index (χ1n) is 7.48. The molecule has 2 N–H and O–H groups in total. The van der Waals surface area contributed by atoms with Gasteiger partial charge in [0.25, 0.3) is 5.91 Å². The second kappa shape index (κ2) is 8.21. The molecule has 2 amide bonds. The zero-order valence-electron chi connectivity index (χ0n) is 13.5. The van der Waals surface area contributed by atoms with Crippen molar-refractivity contribution >= 4 is 23.2 Å². The molecule has 5 nitrogen and oxygen atoms in total. The van der Waals surface area contributed by atoms with Gasteiger partial charge in [-0.25, -0.2) is 4.39 Å². The first-order valence-corrected chi connectivity index (χ1v) is 7.48. The molecule has 2 aromatic rings. The van der Waals surface area contributed by atoms with E-state index in [9.17, 15) is 14.0 Å². The number of aryl methyl sites for hydroxylation is 1. The number of carbonyl (C=O) groups excluding carboxylic acids is 2. The highest BCUT2D eigenvalue weighted by Gasteiger charge is 2.15. The van der Waals surface area contributed by atoms with Crippen molar-refractivity contribution < 1.29 is 18.7 Å². The van der Waals surface area contributed by atoms with E-state index in [0.717, 1.165) is 5.56 Å². The predicted molar refractivity (Wildman–Crippen MR) is 90.3 cm³/mol. The highest BCUT2D eigenvalue weighted by molar-refractivity contribution is 5.95. The molecule has 0 bridgehead atoms. The number of nitrogens with one attached hydrogen (secondary N) is 2. The van der Waals surface area contributed by atoms with E-state index >= 15 is 0 Å². The topological polar surface area (TPSA) is 67.4 Å². The standard InChI is InChI=1S/C18H19FN2O3/c1-12-4-3-5-16(10-12)20-17(22)11-24-13(2)18(23)21-15-8-6-14(19)7-9-15/h3-10,13H,11H2,1-2H3,(H,20,22)(H,21,23). The summed E-state index contributed by atoms with van der Waals surface area (Å²) in [4.78, 5) is 23.8. The Morgan fingerprint density at radius 2 is 1.79 bits per heavy atom. The highest BCUT2D eigenvalue weighted by atomic mass is 19.1. The molecule has 1 unspecified atom stereocenters. The lowest BCUT2D eigenvalue weighted by atomic mass is 10.2. The number of halogens is 1. The average molecular weight is 330 g/mol. The summed E-state index contributed by atoms with van der Waals surface area (Å²) in [5.74, 6) is -1.14. The van der Waals surface area contributed by atoms with Gasteiger partial charge in [-0.1, -0.05) is 12.1 Å². The molecule has 126 valence electrons. The first kappa shape index (κ1) is 17.6. The molecule has 0 aliphatic carbocycles. The molecule has 0 saturated heterocycles. The molecule has 24 heavy (non-hydrogen) atoms. The van der Waals surface area contributed by atoms with E-state index < -0.39 is 12.0 Å². The predicted octanol–water partition coefficient (Wildman–Crippen LogP) is 3.12. The van der Waals surface area contributed by atoms with Crippen LogP contribution in [0.15, 0.2) is 48.5 Å². The van der Waals surface area contributed by atoms with Crippen molar-refractivity contribution in [1.82, 2.24) is 0 Å². The smallest absolute Gasteiger partial charge is 0.253 e. The Kier molecular flexibility index (Phi) is 6.03. The molecule has 1 atom stereocenters. The van der Waals surface area contributed by atoms with Crippen LogP contribution in [0.25, 0.3) is 0 Å². The van der Waals surface area contributed by atoms with Crippen molar-refractivity contribution in [3.05, 3.63) is 59.9 Å². The summed E-state index contributed by atoms with van der Waals surface area (Å²) in [6, 6.07) is 12.8. The number of carbonyl (C=O) groups is 2. The van der Waals surface area contributed by atoms with Gasteiger partial charge in [0.05, 0.1) is 0 Å². The maximum Gasteiger partial charge on any atom is 0.253 e. The number of hydrogen-bond donors (Lipinski definition) is 2. The minimum Gasteiger partial charge on any atom is -0.359 e. The number of ether oxygens (including phenoxy) is 1. The maximum atomic E-state index is 12.8. The third-order valence-corrected chi connectivity index (χ3v) is 3.25. The van der Waals surface area contributed by atoms with Gasteiger partial charge in [-0.05, 0) is 55.8 Å². The number of hydrogen-bond acceptors (Lipinski definition) is 3. The summed E-state index contributed by atoms with van der Waals surface area (Å²) < 4.78 is 18.1. The normalized spacial score (nSPS) is 11.6. The number of rotatable bonds is 6. The summed E-state index contributed by atoms with van der Waals surface area (Å²) >= 11 is 0. The van der Waals surface area contributed by atoms with Crippen molar-refractivity contribution in [2.75, 3.05) is 17.2 Å². The van der Waals surface area contributed by atoms with E-state index in [1.165, 1.54) is 24.3 Å². The monoisotopic (exact) mass is 330 g/mol. The van der Waals surface area contributed by atoms with Gasteiger partial charge in [-0.15, -0.1) is 0 Å². The molecular formula is C18H19FN2O3. The summed E-state index contributed by atoms with van der Waals surface area (Å²) in [5.41, 5.74) is 2.16. The van der Waals surface area contributed by atoms with Crippen molar-refractivity contribution in [1.29, 1.82) is 0 Å². The van der Waals surface area contributed by atoms with E-state index in [1.807, 2.05) is 25.1 Å². The van der Waals surface area contributed by atoms with E-state index in [4.69, 9.17) is 4.74 Å². The van der Waals surface area contributed by atoms with E-state index in [2.05, 4.69) is 10.6 Å². The van der Waals surface area contributed by atoms with E-state index in [0.29, 0.717) is 11.4 Å². The van der Waals surface area contributed by atoms with Crippen LogP contribution in [0, 0.1) is 12.7 Å². The average Bonchev–Trinajstić information content (AvgIpc) is 2.54. The van der Waals surface area contributed by atoms with Crippen LogP contribution in [0.2, 0.25) is 0 Å². The Labute approximate surface area is 139 Å². The maximum absolute atomic E-state index is 12.8. The zero-order chi connectivity index (χ0) is 17.5. The molecule has 2 rings (SSSR count). The van der Waals surface area contributed by atoms with Crippen molar-refractivity contribution in [2.24, 2.45) is 0 Å². The minimum absolute atomic E-state index is 0.244. The Balaban J connectivity index is 1.79. The van der Waals surface area contributed by atoms with Gasteiger partial charge in [0, 0.05) is 11.4 Å². The molecule has 0 aliphatic heterocycles. The van der Waals surface area contributed by atoms with Crippen LogP contribution >= 0.6 is 0 Å². The molecule has 0 aromatic heterocycles. The lowest BCUT2D eigenvalue weighted by molar-refractivity contribution is -0.131. The number of amides is 2. The third-order valence-electron chi connectivity index (χ3n) is 3.25. The Bertz CT molecular complexity index is 716. The number of benzene rings is 2. The van der Waals surface area contributed by atoms with Crippen molar-refractivity contribution in [2.45, 2.75) is 20.0 Å². The molecule has 2 aromatic carbocycles. The third kappa shape index (κ3) is 5.48. The van der Waals surface area contributed by atoms with Crippen LogP contribution in [0.1, 0.15) is 12.5 Å². The van der Waals surface area contributed by atoms with Gasteiger partial charge >= 0.3 is 0 Å². The summed E-state index contributed by atoms with van der Waals surface area (Å²) in [7, 11) is 0. The second-order valence-electron chi connectivity index (χ2n) is 5.37. The fourth-order valence-corrected chi connectivity index (χ4v) is 1.97. The van der Waals surface area contributed by atoms with Crippen LogP contribution in [0.3, 0.4) is 0 Å². The van der Waals surface area contributed by atoms with Gasteiger partial charge in [-0.2, -0.15) is 0 Å². The molecule has 0 radical (unpaired) electrons. The van der Waals surface area contributed by atoms with Crippen molar-refractivity contribution in [3.63, 3.8) is 0 Å². The van der Waals surface area contributed by atoms with Gasteiger partial charge in [-0.3, -0.25) is 9.59 Å². The molecule has 0 fully saturated rings. The fraction of sp³-hybridized carbons (Fsp3) is 0.222. The Morgan fingerprint density at radius 1 is 1.08 bits per heavy atom. The van der Waals surface area contributed by atoms with Crippen LogP contribution in [-0.4, -0.2) is 24.5 Å². The molecule has 6 heteroatoms. The van der Waals surface area contributed by atoms with E-state index in [-0.39, 0.29) is 18.3 Å². The molecule has 0 heterocycles. The minimum atomic E-state index is -0.821. The van der Waals surface area contributed by atoms with Crippen molar-refractivity contribution in [3.8, 4) is 0 Å². The number of anilines is 2. The van der Waals surface area contributed by atoms with Crippen LogP contribution in [0.5, 0.6) is 0 Å². The Morgan fingerprint density at radius 3 is 2.46 bits per heavy atom. The summed E-state index contributed by atoms with van der Waals surface area (Å²) in [6.45, 7) is 3.22. The molecule has 0 aliphatic rings. The van der Waals surface area contributed by atoms with Gasteiger partial charge in [0.1, 0.15) is 18.5 Å². The second-order valence-corrected chi connectivity index (χ2v) is 5.37. The SMILES string of the molecule is Cc1cccc(NC(=O)COC(C)C(=O)Nc2ccc(F)cc2)c1. The highest BCUT2D eigenvalue weighted by Crippen LogP contribution is 2.10. The Hall–Kier alpha value is -2.73. The molecule has 0 spiro atoms. The zero-order valence-corrected chi connectivity index (χ0v) is 13.5. The van der Waals surface area contributed by atoms with Gasteiger partial charge in [0.2, 0.25) is 5.91 Å².